The number of H-pyrrole nitrogens is 1. The molecule has 1 heterocycles. The number of hydrogen-bond donors (Lipinski definition) is 2. The van der Waals surface area contributed by atoms with Crippen LogP contribution in [-0.4, -0.2) is 31.6 Å². The number of methoxy groups -OCH3 is 1. The van der Waals surface area contributed by atoms with Crippen molar-refractivity contribution in [3.05, 3.63) is 23.9 Å². The van der Waals surface area contributed by atoms with Crippen LogP contribution in [0.5, 0.6) is 5.75 Å². The first-order valence-corrected chi connectivity index (χ1v) is 5.23. The molecule has 90 valence electrons. The Morgan fingerprint density at radius 1 is 1.35 bits per heavy atom. The molecule has 0 amide bonds. The average Bonchev–Trinajstić information content (AvgIpc) is 2.73. The fraction of sp³-hybridized carbons (Fsp3) is 0.250. The van der Waals surface area contributed by atoms with Crippen LogP contribution in [0.3, 0.4) is 0 Å². The Morgan fingerprint density at radius 3 is 2.88 bits per heavy atom. The van der Waals surface area contributed by atoms with E-state index in [-0.39, 0.29) is 0 Å². The predicted molar refractivity (Wildman–Crippen MR) is 65.5 cm³/mol. The highest BCUT2D eigenvalue weighted by Gasteiger charge is 2.06. The first kappa shape index (κ1) is 11.5. The van der Waals surface area contributed by atoms with Crippen LogP contribution in [0, 0.1) is 0 Å². The van der Waals surface area contributed by atoms with Crippen molar-refractivity contribution in [1.29, 1.82) is 0 Å². The van der Waals surface area contributed by atoms with Crippen LogP contribution in [0.15, 0.2) is 18.2 Å². The van der Waals surface area contributed by atoms with Crippen LogP contribution in [0.2, 0.25) is 0 Å². The van der Waals surface area contributed by atoms with Crippen molar-refractivity contribution < 1.29 is 14.3 Å². The van der Waals surface area contributed by atoms with Gasteiger partial charge in [0.25, 0.3) is 0 Å². The summed E-state index contributed by atoms with van der Waals surface area (Å²) in [5.41, 5.74) is 7.69. The summed E-state index contributed by atoms with van der Waals surface area (Å²) >= 11 is 0. The third kappa shape index (κ3) is 2.39. The van der Waals surface area contributed by atoms with Crippen molar-refractivity contribution in [2.24, 2.45) is 0 Å². The molecule has 0 aliphatic rings. The van der Waals surface area contributed by atoms with E-state index in [0.717, 1.165) is 17.2 Å². The molecule has 5 nitrogen and oxygen atoms in total. The lowest BCUT2D eigenvalue weighted by Crippen LogP contribution is -2.04. The fourth-order valence-electron chi connectivity index (χ4n) is 1.65. The van der Waals surface area contributed by atoms with Gasteiger partial charge in [-0.3, -0.25) is 4.79 Å². The van der Waals surface area contributed by atoms with Crippen LogP contribution in [0.25, 0.3) is 10.9 Å². The van der Waals surface area contributed by atoms with E-state index in [9.17, 15) is 4.79 Å². The highest BCUT2D eigenvalue weighted by Crippen LogP contribution is 2.27. The number of ether oxygens (including phenoxy) is 2. The predicted octanol–water partition coefficient (Wildman–Crippen LogP) is 1.59. The number of aromatic nitrogens is 1. The maximum absolute atomic E-state index is 10.7. The molecule has 17 heavy (non-hydrogen) atoms. The Balaban J connectivity index is 2.30. The summed E-state index contributed by atoms with van der Waals surface area (Å²) in [7, 11) is 1.61. The van der Waals surface area contributed by atoms with Crippen LogP contribution in [0.1, 0.15) is 10.5 Å². The Labute approximate surface area is 98.5 Å². The highest BCUT2D eigenvalue weighted by atomic mass is 16.5. The highest BCUT2D eigenvalue weighted by molar-refractivity contribution is 5.95. The number of aldehydes is 1. The van der Waals surface area contributed by atoms with Crippen LogP contribution < -0.4 is 10.5 Å². The van der Waals surface area contributed by atoms with E-state index in [1.165, 1.54) is 0 Å². The molecule has 0 aliphatic carbocycles. The van der Waals surface area contributed by atoms with E-state index in [1.54, 1.807) is 19.2 Å². The number of carbonyl (C=O) groups is 1. The second-order valence-corrected chi connectivity index (χ2v) is 3.66. The van der Waals surface area contributed by atoms with Gasteiger partial charge in [0.15, 0.2) is 6.29 Å². The molecule has 1 aromatic heterocycles. The number of nitrogen functional groups attached to an aromatic ring is 1. The minimum atomic E-state index is 0.465. The molecule has 0 saturated carbocycles. The van der Waals surface area contributed by atoms with Gasteiger partial charge < -0.3 is 20.2 Å². The Bertz CT molecular complexity index is 534. The minimum Gasteiger partial charge on any atom is -0.491 e. The SMILES string of the molecule is COCCOc1cc(N)c2[nH]c(C=O)cc2c1. The van der Waals surface area contributed by atoms with Gasteiger partial charge in [-0.25, -0.2) is 0 Å². The Kier molecular flexibility index (Phi) is 3.30. The molecule has 0 aliphatic heterocycles. The summed E-state index contributed by atoms with van der Waals surface area (Å²) in [6.07, 6.45) is 0.755. The van der Waals surface area contributed by atoms with Crippen LogP contribution >= 0.6 is 0 Å². The third-order valence-electron chi connectivity index (χ3n) is 2.44. The molecule has 3 N–H and O–H groups in total. The maximum atomic E-state index is 10.7. The number of carbonyl (C=O) groups excluding carboxylic acids is 1. The van der Waals surface area contributed by atoms with Gasteiger partial charge in [-0.15, -0.1) is 0 Å². The standard InChI is InChI=1S/C12H14N2O3/c1-16-2-3-17-10-5-8-4-9(7-15)14-12(8)11(13)6-10/h4-7,14H,2-3,13H2,1H3. The van der Waals surface area contributed by atoms with Gasteiger partial charge in [0.05, 0.1) is 23.5 Å². The molecule has 0 spiro atoms. The van der Waals surface area contributed by atoms with E-state index < -0.39 is 0 Å². The molecular formula is C12H14N2O3. The number of nitrogens with two attached hydrogens (primary N) is 1. The van der Waals surface area contributed by atoms with Gasteiger partial charge in [0.1, 0.15) is 12.4 Å². The van der Waals surface area contributed by atoms with E-state index in [4.69, 9.17) is 15.2 Å². The number of fused-ring (bicyclic) bond motifs is 1. The van der Waals surface area contributed by atoms with Gasteiger partial charge >= 0.3 is 0 Å². The summed E-state index contributed by atoms with van der Waals surface area (Å²) in [6.45, 7) is 0.983. The molecule has 0 bridgehead atoms. The Hall–Kier alpha value is -2.01. The average molecular weight is 234 g/mol. The topological polar surface area (TPSA) is 77.3 Å². The lowest BCUT2D eigenvalue weighted by atomic mass is 10.2. The molecule has 0 radical (unpaired) electrons. The van der Waals surface area contributed by atoms with Gasteiger partial charge in [0, 0.05) is 18.6 Å². The summed E-state index contributed by atoms with van der Waals surface area (Å²) in [6, 6.07) is 5.30. The Morgan fingerprint density at radius 2 is 2.18 bits per heavy atom. The molecule has 0 saturated heterocycles. The summed E-state index contributed by atoms with van der Waals surface area (Å²) in [5, 5.41) is 0.861. The fourth-order valence-corrected chi connectivity index (χ4v) is 1.65. The van der Waals surface area contributed by atoms with Gasteiger partial charge in [-0.1, -0.05) is 0 Å². The van der Waals surface area contributed by atoms with Crippen molar-refractivity contribution in [2.75, 3.05) is 26.1 Å². The third-order valence-corrected chi connectivity index (χ3v) is 2.44. The zero-order valence-electron chi connectivity index (χ0n) is 9.53. The minimum absolute atomic E-state index is 0.465. The second-order valence-electron chi connectivity index (χ2n) is 3.66. The first-order valence-electron chi connectivity index (χ1n) is 5.23. The molecule has 0 fully saturated rings. The lowest BCUT2D eigenvalue weighted by molar-refractivity contribution is 0.112. The zero-order valence-corrected chi connectivity index (χ0v) is 9.53. The van der Waals surface area contributed by atoms with Crippen LogP contribution in [0.4, 0.5) is 5.69 Å². The smallest absolute Gasteiger partial charge is 0.166 e. The maximum Gasteiger partial charge on any atom is 0.166 e. The van der Waals surface area contributed by atoms with E-state index in [2.05, 4.69) is 4.98 Å². The summed E-state index contributed by atoms with van der Waals surface area (Å²) in [4.78, 5) is 13.6. The molecule has 2 aromatic rings. The molecule has 2 rings (SSSR count). The van der Waals surface area contributed by atoms with E-state index >= 15 is 0 Å². The number of anilines is 1. The molecule has 0 atom stereocenters. The lowest BCUT2D eigenvalue weighted by Gasteiger charge is -2.06. The number of nitrogens with one attached hydrogen (secondary N) is 1. The summed E-state index contributed by atoms with van der Waals surface area (Å²) < 4.78 is 10.4. The molecule has 1 aromatic carbocycles. The van der Waals surface area contributed by atoms with Crippen molar-refractivity contribution in [3.8, 4) is 5.75 Å². The molecular weight excluding hydrogens is 220 g/mol. The second kappa shape index (κ2) is 4.88. The largest absolute Gasteiger partial charge is 0.491 e. The van der Waals surface area contributed by atoms with E-state index in [1.807, 2.05) is 6.07 Å². The molecule has 0 unspecified atom stereocenters. The first-order chi connectivity index (χ1) is 8.24. The van der Waals surface area contributed by atoms with E-state index in [0.29, 0.717) is 30.3 Å². The van der Waals surface area contributed by atoms with Gasteiger partial charge in [-0.2, -0.15) is 0 Å². The van der Waals surface area contributed by atoms with Crippen molar-refractivity contribution in [3.63, 3.8) is 0 Å². The normalized spacial score (nSPS) is 10.6. The summed E-state index contributed by atoms with van der Waals surface area (Å²) in [5.74, 6) is 0.670. The van der Waals surface area contributed by atoms with Crippen molar-refractivity contribution in [1.82, 2.24) is 4.98 Å². The van der Waals surface area contributed by atoms with Gasteiger partial charge in [0.2, 0.25) is 0 Å². The number of hydrogen-bond acceptors (Lipinski definition) is 4. The quantitative estimate of drug-likeness (QED) is 0.468. The number of aromatic amines is 1. The van der Waals surface area contributed by atoms with Crippen molar-refractivity contribution >= 4 is 22.9 Å². The zero-order chi connectivity index (χ0) is 12.3. The van der Waals surface area contributed by atoms with Crippen molar-refractivity contribution in [2.45, 2.75) is 0 Å². The molecule has 5 heteroatoms. The van der Waals surface area contributed by atoms with Gasteiger partial charge in [-0.05, 0) is 12.1 Å². The van der Waals surface area contributed by atoms with Crippen LogP contribution in [-0.2, 0) is 4.74 Å². The number of rotatable bonds is 5. The monoisotopic (exact) mass is 234 g/mol. The number of benzene rings is 1.